The fourth-order valence-corrected chi connectivity index (χ4v) is 3.66. The van der Waals surface area contributed by atoms with E-state index in [1.807, 2.05) is 38.1 Å². The van der Waals surface area contributed by atoms with Gasteiger partial charge in [-0.1, -0.05) is 25.2 Å². The second-order valence-electron chi connectivity index (χ2n) is 6.60. The molecule has 0 amide bonds. The van der Waals surface area contributed by atoms with Crippen LogP contribution in [0.1, 0.15) is 24.6 Å². The Balaban J connectivity index is 0.00000480. The molecule has 1 aromatic rings. The first-order valence-electron chi connectivity index (χ1n) is 9.89. The van der Waals surface area contributed by atoms with Crippen molar-refractivity contribution in [3.8, 4) is 5.75 Å². The van der Waals surface area contributed by atoms with Crippen molar-refractivity contribution in [2.45, 2.75) is 32.3 Å². The van der Waals surface area contributed by atoms with Crippen LogP contribution in [0, 0.1) is 6.92 Å². The van der Waals surface area contributed by atoms with Crippen LogP contribution in [0.5, 0.6) is 5.75 Å². The SMILES string of the molecule is C=N/C=C/C=C\C=C(/C)[N-]CCS(=O)Cc1nccc(OCC2OCCCO2)c1C.[Na+]. The summed E-state index contributed by atoms with van der Waals surface area (Å²) >= 11 is 0. The van der Waals surface area contributed by atoms with Gasteiger partial charge >= 0.3 is 29.6 Å². The third-order valence-corrected chi connectivity index (χ3v) is 5.49. The van der Waals surface area contributed by atoms with Gasteiger partial charge < -0.3 is 19.5 Å². The van der Waals surface area contributed by atoms with Crippen LogP contribution >= 0.6 is 0 Å². The summed E-state index contributed by atoms with van der Waals surface area (Å²) in [7, 11) is -1.06. The summed E-state index contributed by atoms with van der Waals surface area (Å²) in [5.74, 6) is 1.56. The average molecular weight is 456 g/mol. The van der Waals surface area contributed by atoms with Crippen molar-refractivity contribution in [1.29, 1.82) is 0 Å². The second kappa shape index (κ2) is 16.4. The van der Waals surface area contributed by atoms with Crippen LogP contribution in [0.15, 0.2) is 53.5 Å². The zero-order valence-electron chi connectivity index (χ0n) is 18.7. The van der Waals surface area contributed by atoms with Crippen molar-refractivity contribution in [2.75, 3.05) is 32.1 Å². The Morgan fingerprint density at radius 1 is 1.39 bits per heavy atom. The molecule has 2 heterocycles. The molecule has 0 aliphatic carbocycles. The minimum Gasteiger partial charge on any atom is -0.687 e. The molecule has 7 nitrogen and oxygen atoms in total. The minimum absolute atomic E-state index is 0. The number of aliphatic imine (C=N–C) groups is 1. The normalized spacial score (nSPS) is 16.3. The Hall–Kier alpha value is -1.29. The maximum absolute atomic E-state index is 12.5. The van der Waals surface area contributed by atoms with Crippen LogP contribution < -0.4 is 34.3 Å². The van der Waals surface area contributed by atoms with Gasteiger partial charge in [-0.25, -0.2) is 0 Å². The summed E-state index contributed by atoms with van der Waals surface area (Å²) in [5.41, 5.74) is 2.54. The van der Waals surface area contributed by atoms with Gasteiger partial charge in [0, 0.05) is 34.5 Å². The van der Waals surface area contributed by atoms with Crippen LogP contribution in [-0.4, -0.2) is 54.3 Å². The zero-order chi connectivity index (χ0) is 21.6. The summed E-state index contributed by atoms with van der Waals surface area (Å²) in [6.45, 7) is 9.40. The molecule has 0 bridgehead atoms. The van der Waals surface area contributed by atoms with Crippen molar-refractivity contribution in [3.63, 3.8) is 0 Å². The van der Waals surface area contributed by atoms with E-state index in [2.05, 4.69) is 22.0 Å². The van der Waals surface area contributed by atoms with Gasteiger partial charge in [-0.3, -0.25) is 14.2 Å². The second-order valence-corrected chi connectivity index (χ2v) is 8.18. The van der Waals surface area contributed by atoms with E-state index in [-0.39, 0.29) is 35.8 Å². The van der Waals surface area contributed by atoms with Gasteiger partial charge in [0.05, 0.1) is 24.7 Å². The number of ether oxygens (including phenoxy) is 3. The number of hydrogen-bond donors (Lipinski definition) is 0. The largest absolute Gasteiger partial charge is 1.00 e. The van der Waals surface area contributed by atoms with E-state index in [0.29, 0.717) is 43.6 Å². The molecule has 31 heavy (non-hydrogen) atoms. The molecule has 1 unspecified atom stereocenters. The summed E-state index contributed by atoms with van der Waals surface area (Å²) in [5, 5.41) is 4.43. The number of hydrogen-bond acceptors (Lipinski definition) is 6. The number of pyridine rings is 1. The minimum atomic E-state index is -1.06. The quantitative estimate of drug-likeness (QED) is 0.265. The molecule has 1 atom stereocenters. The Labute approximate surface area is 209 Å². The van der Waals surface area contributed by atoms with E-state index in [0.717, 1.165) is 23.4 Å². The molecule has 1 saturated heterocycles. The van der Waals surface area contributed by atoms with Gasteiger partial charge in [0.1, 0.15) is 12.4 Å². The van der Waals surface area contributed by atoms with Crippen LogP contribution in [0.3, 0.4) is 0 Å². The van der Waals surface area contributed by atoms with Crippen LogP contribution in [-0.2, 0) is 26.0 Å². The van der Waals surface area contributed by atoms with Gasteiger partial charge in [0.25, 0.3) is 0 Å². The average Bonchev–Trinajstić information content (AvgIpc) is 2.75. The van der Waals surface area contributed by atoms with E-state index in [9.17, 15) is 4.21 Å². The first kappa shape index (κ1) is 27.7. The first-order valence-corrected chi connectivity index (χ1v) is 11.4. The van der Waals surface area contributed by atoms with Crippen molar-refractivity contribution in [3.05, 3.63) is 65.0 Å². The predicted octanol–water partition coefficient (Wildman–Crippen LogP) is 0.833. The first-order chi connectivity index (χ1) is 14.6. The maximum atomic E-state index is 12.5. The standard InChI is InChI=1S/C22H30N3O4S.Na/c1-18(8-5-4-6-10-23-3)24-12-15-30(26)17-20-19(2)21(9-11-25-20)29-16-22-27-13-7-14-28-22;/h4-6,8-11,22H,3,7,12-17H2,1-2H3;/q-1;+1/b5-4-,10-6+,18-8+;. The molecule has 2 rings (SSSR count). The van der Waals surface area contributed by atoms with Gasteiger partial charge in [-0.05, 0) is 32.2 Å². The fraction of sp³-hybridized carbons (Fsp3) is 0.455. The third-order valence-electron chi connectivity index (χ3n) is 4.26. The molecule has 1 aliphatic rings. The monoisotopic (exact) mass is 455 g/mol. The summed E-state index contributed by atoms with van der Waals surface area (Å²) in [6, 6.07) is 1.81. The molecule has 1 aliphatic heterocycles. The van der Waals surface area contributed by atoms with Gasteiger partial charge in [0.15, 0.2) is 6.29 Å². The van der Waals surface area contributed by atoms with Crippen LogP contribution in [0.2, 0.25) is 0 Å². The molecule has 0 N–H and O–H groups in total. The molecule has 1 fully saturated rings. The zero-order valence-corrected chi connectivity index (χ0v) is 21.5. The van der Waals surface area contributed by atoms with Crippen molar-refractivity contribution >= 4 is 17.5 Å². The van der Waals surface area contributed by atoms with Crippen molar-refractivity contribution in [2.24, 2.45) is 4.99 Å². The molecule has 1 aromatic heterocycles. The van der Waals surface area contributed by atoms with Gasteiger partial charge in [-0.2, -0.15) is 5.70 Å². The molecular weight excluding hydrogens is 425 g/mol. The molecule has 0 aromatic carbocycles. The van der Waals surface area contributed by atoms with Crippen LogP contribution in [0.4, 0.5) is 0 Å². The summed E-state index contributed by atoms with van der Waals surface area (Å²) < 4.78 is 29.3. The molecule has 0 radical (unpaired) electrons. The van der Waals surface area contributed by atoms with E-state index >= 15 is 0 Å². The van der Waals surface area contributed by atoms with Crippen LogP contribution in [0.25, 0.3) is 5.32 Å². The van der Waals surface area contributed by atoms with E-state index in [1.54, 1.807) is 18.5 Å². The smallest absolute Gasteiger partial charge is 0.687 e. The molecule has 164 valence electrons. The maximum Gasteiger partial charge on any atom is 1.00 e. The van der Waals surface area contributed by atoms with Gasteiger partial charge in [0.2, 0.25) is 0 Å². The molecule has 0 spiro atoms. The summed E-state index contributed by atoms with van der Waals surface area (Å²) in [4.78, 5) is 7.99. The van der Waals surface area contributed by atoms with Crippen molar-refractivity contribution < 1.29 is 48.0 Å². The van der Waals surface area contributed by atoms with E-state index < -0.39 is 10.8 Å². The molecule has 9 heteroatoms. The van der Waals surface area contributed by atoms with Gasteiger partial charge in [-0.15, -0.1) is 6.54 Å². The molecule has 0 saturated carbocycles. The Morgan fingerprint density at radius 2 is 2.16 bits per heavy atom. The number of aromatic nitrogens is 1. The third kappa shape index (κ3) is 11.2. The molecular formula is C22H30N3NaO4S. The topological polar surface area (TPSA) is 84.1 Å². The number of rotatable bonds is 12. The fourth-order valence-electron chi connectivity index (χ4n) is 2.62. The Morgan fingerprint density at radius 3 is 2.90 bits per heavy atom. The Bertz CT molecular complexity index is 793. The van der Waals surface area contributed by atoms with Crippen molar-refractivity contribution in [1.82, 2.24) is 4.98 Å². The van der Waals surface area contributed by atoms with E-state index in [1.165, 1.54) is 0 Å². The van der Waals surface area contributed by atoms with E-state index in [4.69, 9.17) is 14.2 Å². The number of nitrogens with zero attached hydrogens (tertiary/aromatic N) is 3. The summed E-state index contributed by atoms with van der Waals surface area (Å²) in [6.07, 6.45) is 11.2. The predicted molar refractivity (Wildman–Crippen MR) is 121 cm³/mol. The Kier molecular flexibility index (Phi) is 14.6. The number of allylic oxidation sites excluding steroid dienone is 5.